The van der Waals surface area contributed by atoms with Crippen LogP contribution in [0.2, 0.25) is 0 Å². The van der Waals surface area contributed by atoms with Gasteiger partial charge in [-0.1, -0.05) is 19.9 Å². The van der Waals surface area contributed by atoms with E-state index in [0.29, 0.717) is 11.8 Å². The second-order valence-electron chi connectivity index (χ2n) is 5.41. The minimum Gasteiger partial charge on any atom is -0.462 e. The molecule has 1 saturated carbocycles. The standard InChI is InChI=1S/C14H24O3/c1-11(2)13-6-4-7-14(16,10-13)8-5-9-17-12(3)15/h5,8,11,13,16H,4,6-7,9-10H2,1-3H3. The fraction of sp³-hybridized carbons (Fsp3) is 0.786. The zero-order chi connectivity index (χ0) is 12.9. The normalized spacial score (nSPS) is 29.8. The fourth-order valence-electron chi connectivity index (χ4n) is 2.48. The highest BCUT2D eigenvalue weighted by molar-refractivity contribution is 5.65. The summed E-state index contributed by atoms with van der Waals surface area (Å²) in [4.78, 5) is 10.6. The monoisotopic (exact) mass is 240 g/mol. The van der Waals surface area contributed by atoms with E-state index < -0.39 is 5.60 Å². The topological polar surface area (TPSA) is 46.5 Å². The van der Waals surface area contributed by atoms with Crippen LogP contribution in [0.25, 0.3) is 0 Å². The van der Waals surface area contributed by atoms with Crippen molar-refractivity contribution < 1.29 is 14.6 Å². The average Bonchev–Trinajstić information content (AvgIpc) is 2.24. The predicted molar refractivity (Wildman–Crippen MR) is 67.5 cm³/mol. The Morgan fingerprint density at radius 2 is 2.29 bits per heavy atom. The molecule has 0 aromatic heterocycles. The van der Waals surface area contributed by atoms with Crippen molar-refractivity contribution in [3.8, 4) is 0 Å². The lowest BCUT2D eigenvalue weighted by Crippen LogP contribution is -2.35. The first kappa shape index (κ1) is 14.2. The van der Waals surface area contributed by atoms with Crippen LogP contribution < -0.4 is 0 Å². The molecular weight excluding hydrogens is 216 g/mol. The Kier molecular flexibility index (Phi) is 5.19. The number of ether oxygens (including phenoxy) is 1. The summed E-state index contributed by atoms with van der Waals surface area (Å²) >= 11 is 0. The molecule has 0 bridgehead atoms. The van der Waals surface area contributed by atoms with Crippen LogP contribution >= 0.6 is 0 Å². The molecule has 0 spiro atoms. The Bertz CT molecular complexity index is 283. The van der Waals surface area contributed by atoms with Crippen LogP contribution in [-0.4, -0.2) is 23.3 Å². The molecule has 1 N–H and O–H groups in total. The summed E-state index contributed by atoms with van der Waals surface area (Å²) < 4.78 is 4.82. The van der Waals surface area contributed by atoms with Crippen molar-refractivity contribution in [1.82, 2.24) is 0 Å². The summed E-state index contributed by atoms with van der Waals surface area (Å²) in [5.41, 5.74) is -0.701. The number of aliphatic hydroxyl groups is 1. The molecule has 0 heterocycles. The minimum absolute atomic E-state index is 0.254. The van der Waals surface area contributed by atoms with Crippen LogP contribution in [0.3, 0.4) is 0 Å². The molecule has 3 nitrogen and oxygen atoms in total. The SMILES string of the molecule is CC(=O)OCC=CC1(O)CCCC(C(C)C)C1. The third-order valence-corrected chi connectivity index (χ3v) is 3.55. The molecule has 0 aromatic rings. The van der Waals surface area contributed by atoms with Gasteiger partial charge in [0.15, 0.2) is 0 Å². The lowest BCUT2D eigenvalue weighted by atomic mass is 9.73. The molecule has 0 aliphatic heterocycles. The van der Waals surface area contributed by atoms with Gasteiger partial charge in [-0.05, 0) is 43.6 Å². The molecule has 98 valence electrons. The van der Waals surface area contributed by atoms with E-state index >= 15 is 0 Å². The van der Waals surface area contributed by atoms with Crippen LogP contribution in [-0.2, 0) is 9.53 Å². The van der Waals surface area contributed by atoms with Gasteiger partial charge >= 0.3 is 5.97 Å². The van der Waals surface area contributed by atoms with Crippen LogP contribution in [0.1, 0.15) is 46.5 Å². The van der Waals surface area contributed by atoms with E-state index in [1.165, 1.54) is 13.3 Å². The number of carbonyl (C=O) groups is 1. The van der Waals surface area contributed by atoms with Crippen LogP contribution in [0.4, 0.5) is 0 Å². The van der Waals surface area contributed by atoms with Gasteiger partial charge in [0, 0.05) is 6.92 Å². The van der Waals surface area contributed by atoms with Gasteiger partial charge in [0.25, 0.3) is 0 Å². The summed E-state index contributed by atoms with van der Waals surface area (Å²) in [6, 6.07) is 0. The number of esters is 1. The zero-order valence-electron chi connectivity index (χ0n) is 11.1. The Morgan fingerprint density at radius 3 is 2.88 bits per heavy atom. The molecule has 2 atom stereocenters. The molecular formula is C14H24O3. The Balaban J connectivity index is 2.46. The van der Waals surface area contributed by atoms with Crippen molar-refractivity contribution in [2.45, 2.75) is 52.1 Å². The highest BCUT2D eigenvalue weighted by Crippen LogP contribution is 2.37. The summed E-state index contributed by atoms with van der Waals surface area (Å²) in [5, 5.41) is 10.4. The van der Waals surface area contributed by atoms with Gasteiger partial charge in [-0.3, -0.25) is 4.79 Å². The largest absolute Gasteiger partial charge is 0.462 e. The zero-order valence-corrected chi connectivity index (χ0v) is 11.1. The lowest BCUT2D eigenvalue weighted by molar-refractivity contribution is -0.139. The molecule has 17 heavy (non-hydrogen) atoms. The third kappa shape index (κ3) is 4.90. The van der Waals surface area contributed by atoms with Crippen LogP contribution in [0.5, 0.6) is 0 Å². The van der Waals surface area contributed by atoms with E-state index in [-0.39, 0.29) is 12.6 Å². The summed E-state index contributed by atoms with van der Waals surface area (Å²) in [5.74, 6) is 0.918. The van der Waals surface area contributed by atoms with Gasteiger partial charge in [-0.25, -0.2) is 0 Å². The van der Waals surface area contributed by atoms with Crippen LogP contribution in [0.15, 0.2) is 12.2 Å². The second kappa shape index (κ2) is 6.20. The van der Waals surface area contributed by atoms with E-state index in [1.54, 1.807) is 6.08 Å². The molecule has 1 aliphatic carbocycles. The number of carbonyl (C=O) groups excluding carboxylic acids is 1. The van der Waals surface area contributed by atoms with Crippen molar-refractivity contribution in [1.29, 1.82) is 0 Å². The quantitative estimate of drug-likeness (QED) is 0.607. The van der Waals surface area contributed by atoms with Crippen molar-refractivity contribution in [2.75, 3.05) is 6.61 Å². The van der Waals surface area contributed by atoms with Crippen molar-refractivity contribution >= 4 is 5.97 Å². The summed E-state index contributed by atoms with van der Waals surface area (Å²) in [7, 11) is 0. The molecule has 0 aromatic carbocycles. The number of hydrogen-bond acceptors (Lipinski definition) is 3. The first-order chi connectivity index (χ1) is 7.93. The molecule has 0 radical (unpaired) electrons. The summed E-state index contributed by atoms with van der Waals surface area (Å²) in [6.07, 6.45) is 7.47. The predicted octanol–water partition coefficient (Wildman–Crippen LogP) is 2.68. The Labute approximate surface area is 104 Å². The molecule has 1 aliphatic rings. The van der Waals surface area contributed by atoms with Gasteiger partial charge in [0.1, 0.15) is 6.61 Å². The molecule has 3 heteroatoms. The maximum absolute atomic E-state index is 10.6. The van der Waals surface area contributed by atoms with E-state index in [1.807, 2.05) is 6.08 Å². The smallest absolute Gasteiger partial charge is 0.302 e. The number of hydrogen-bond donors (Lipinski definition) is 1. The van der Waals surface area contributed by atoms with Crippen molar-refractivity contribution in [3.63, 3.8) is 0 Å². The second-order valence-corrected chi connectivity index (χ2v) is 5.41. The van der Waals surface area contributed by atoms with Gasteiger partial charge in [0.2, 0.25) is 0 Å². The molecule has 0 saturated heterocycles. The van der Waals surface area contributed by atoms with E-state index in [9.17, 15) is 9.90 Å². The summed E-state index contributed by atoms with van der Waals surface area (Å²) in [6.45, 7) is 6.06. The highest BCUT2D eigenvalue weighted by Gasteiger charge is 2.33. The van der Waals surface area contributed by atoms with Gasteiger partial charge in [0.05, 0.1) is 5.60 Å². The highest BCUT2D eigenvalue weighted by atomic mass is 16.5. The van der Waals surface area contributed by atoms with E-state index in [0.717, 1.165) is 19.3 Å². The molecule has 1 fully saturated rings. The van der Waals surface area contributed by atoms with Gasteiger partial charge in [-0.15, -0.1) is 0 Å². The lowest BCUT2D eigenvalue weighted by Gasteiger charge is -2.36. The molecule has 1 rings (SSSR count). The Hall–Kier alpha value is -0.830. The third-order valence-electron chi connectivity index (χ3n) is 3.55. The van der Waals surface area contributed by atoms with E-state index in [4.69, 9.17) is 4.74 Å². The first-order valence-corrected chi connectivity index (χ1v) is 6.46. The molecule has 0 amide bonds. The maximum atomic E-state index is 10.6. The Morgan fingerprint density at radius 1 is 1.59 bits per heavy atom. The molecule has 2 unspecified atom stereocenters. The minimum atomic E-state index is -0.701. The first-order valence-electron chi connectivity index (χ1n) is 6.46. The van der Waals surface area contributed by atoms with Gasteiger partial charge < -0.3 is 9.84 Å². The van der Waals surface area contributed by atoms with E-state index in [2.05, 4.69) is 13.8 Å². The van der Waals surface area contributed by atoms with Crippen molar-refractivity contribution in [3.05, 3.63) is 12.2 Å². The average molecular weight is 240 g/mol. The number of rotatable bonds is 4. The fourth-order valence-corrected chi connectivity index (χ4v) is 2.48. The van der Waals surface area contributed by atoms with Crippen LogP contribution in [0, 0.1) is 11.8 Å². The van der Waals surface area contributed by atoms with Gasteiger partial charge in [-0.2, -0.15) is 0 Å². The maximum Gasteiger partial charge on any atom is 0.302 e. The van der Waals surface area contributed by atoms with Crippen molar-refractivity contribution in [2.24, 2.45) is 11.8 Å².